The Morgan fingerprint density at radius 3 is 2.50 bits per heavy atom. The molecule has 1 rings (SSSR count). The summed E-state index contributed by atoms with van der Waals surface area (Å²) in [5, 5.41) is 0. The molecule has 0 aromatic heterocycles. The second kappa shape index (κ2) is 3.94. The normalized spacial score (nSPS) is 30.6. The lowest BCUT2D eigenvalue weighted by Crippen LogP contribution is -1.98. The third-order valence-electron chi connectivity index (χ3n) is 2.03. The van der Waals surface area contributed by atoms with Crippen molar-refractivity contribution in [1.29, 1.82) is 0 Å². The molecular weight excluding hydrogens is 126 g/mol. The molecule has 0 amide bonds. The van der Waals surface area contributed by atoms with E-state index < -0.39 is 0 Å². The van der Waals surface area contributed by atoms with Crippen LogP contribution in [0.4, 0.5) is 0 Å². The first-order chi connectivity index (χ1) is 4.84. The van der Waals surface area contributed by atoms with Crippen LogP contribution in [0, 0.1) is 0 Å². The highest BCUT2D eigenvalue weighted by molar-refractivity contribution is 4.79. The molecule has 1 aliphatic rings. The van der Waals surface area contributed by atoms with Crippen molar-refractivity contribution in [3.05, 3.63) is 0 Å². The summed E-state index contributed by atoms with van der Waals surface area (Å²) in [6.07, 6.45) is 6.08. The zero-order valence-electron chi connectivity index (χ0n) is 6.68. The van der Waals surface area contributed by atoms with Gasteiger partial charge in [0.25, 0.3) is 0 Å². The van der Waals surface area contributed by atoms with E-state index in [9.17, 15) is 0 Å². The molecule has 0 saturated carbocycles. The molecule has 0 aromatic rings. The second-order valence-corrected chi connectivity index (χ2v) is 3.02. The van der Waals surface area contributed by atoms with E-state index in [-0.39, 0.29) is 0 Å². The van der Waals surface area contributed by atoms with Crippen LogP contribution in [0.2, 0.25) is 0 Å². The molecule has 1 fully saturated rings. The van der Waals surface area contributed by atoms with Crippen LogP contribution in [0.3, 0.4) is 0 Å². The maximum atomic E-state index is 5.36. The van der Waals surface area contributed by atoms with Crippen LogP contribution in [0.5, 0.6) is 0 Å². The van der Waals surface area contributed by atoms with Crippen molar-refractivity contribution >= 4 is 0 Å². The van der Waals surface area contributed by atoms with E-state index in [1.54, 1.807) is 0 Å². The third-order valence-corrected chi connectivity index (χ3v) is 2.03. The average Bonchev–Trinajstić information content (AvgIpc) is 2.60. The number of rotatable bonds is 5. The van der Waals surface area contributed by atoms with Crippen molar-refractivity contribution in [2.75, 3.05) is 6.54 Å². The molecule has 1 aliphatic heterocycles. The highest BCUT2D eigenvalue weighted by Gasteiger charge is 2.32. The molecule has 2 heteroatoms. The summed E-state index contributed by atoms with van der Waals surface area (Å²) in [4.78, 5) is 0. The van der Waals surface area contributed by atoms with Gasteiger partial charge in [-0.05, 0) is 26.3 Å². The molecule has 0 aliphatic carbocycles. The Bertz CT molecular complexity index is 95.3. The average molecular weight is 143 g/mol. The molecule has 0 spiro atoms. The summed E-state index contributed by atoms with van der Waals surface area (Å²) in [5.41, 5.74) is 5.36. The van der Waals surface area contributed by atoms with Crippen molar-refractivity contribution in [2.45, 2.75) is 44.8 Å². The Hall–Kier alpha value is -0.0800. The summed E-state index contributed by atoms with van der Waals surface area (Å²) in [5.74, 6) is 0. The van der Waals surface area contributed by atoms with E-state index in [0.717, 1.165) is 6.54 Å². The molecule has 2 atom stereocenters. The molecule has 10 heavy (non-hydrogen) atoms. The number of hydrogen-bond acceptors (Lipinski definition) is 2. The van der Waals surface area contributed by atoms with Crippen LogP contribution in [-0.2, 0) is 4.74 Å². The maximum absolute atomic E-state index is 5.36. The maximum Gasteiger partial charge on any atom is 0.0839 e. The molecule has 1 saturated heterocycles. The van der Waals surface area contributed by atoms with Gasteiger partial charge in [0, 0.05) is 0 Å². The quantitative estimate of drug-likeness (QED) is 0.465. The minimum Gasteiger partial charge on any atom is -0.370 e. The van der Waals surface area contributed by atoms with E-state index in [1.165, 1.54) is 25.7 Å². The van der Waals surface area contributed by atoms with Gasteiger partial charge in [-0.1, -0.05) is 12.8 Å². The summed E-state index contributed by atoms with van der Waals surface area (Å²) >= 11 is 0. The topological polar surface area (TPSA) is 38.5 Å². The Kier molecular flexibility index (Phi) is 3.16. The van der Waals surface area contributed by atoms with Gasteiger partial charge in [-0.25, -0.2) is 0 Å². The van der Waals surface area contributed by atoms with Gasteiger partial charge in [-0.2, -0.15) is 0 Å². The van der Waals surface area contributed by atoms with Gasteiger partial charge in [0.15, 0.2) is 0 Å². The van der Waals surface area contributed by atoms with E-state index in [0.29, 0.717) is 12.2 Å². The lowest BCUT2D eigenvalue weighted by atomic mass is 10.1. The third kappa shape index (κ3) is 2.67. The Morgan fingerprint density at radius 2 is 2.00 bits per heavy atom. The van der Waals surface area contributed by atoms with Gasteiger partial charge in [0.2, 0.25) is 0 Å². The van der Waals surface area contributed by atoms with E-state index >= 15 is 0 Å². The van der Waals surface area contributed by atoms with Gasteiger partial charge < -0.3 is 10.5 Å². The molecule has 60 valence electrons. The second-order valence-electron chi connectivity index (χ2n) is 3.02. The Labute approximate surface area is 62.7 Å². The van der Waals surface area contributed by atoms with Crippen LogP contribution in [0.1, 0.15) is 32.6 Å². The van der Waals surface area contributed by atoms with Gasteiger partial charge in [0.05, 0.1) is 12.2 Å². The Balaban J connectivity index is 1.78. The highest BCUT2D eigenvalue weighted by atomic mass is 16.6. The molecule has 0 aromatic carbocycles. The number of unbranched alkanes of at least 4 members (excludes halogenated alkanes) is 2. The minimum absolute atomic E-state index is 0.540. The smallest absolute Gasteiger partial charge is 0.0839 e. The van der Waals surface area contributed by atoms with Crippen molar-refractivity contribution in [2.24, 2.45) is 5.73 Å². The molecule has 2 N–H and O–H groups in total. The number of epoxide rings is 1. The predicted octanol–water partition coefficient (Wildman–Crippen LogP) is 1.29. The van der Waals surface area contributed by atoms with Crippen LogP contribution in [0.15, 0.2) is 0 Å². The fraction of sp³-hybridized carbons (Fsp3) is 1.00. The van der Waals surface area contributed by atoms with E-state index in [1.807, 2.05) is 0 Å². The fourth-order valence-electron chi connectivity index (χ4n) is 1.20. The molecule has 0 radical (unpaired) electrons. The first-order valence-corrected chi connectivity index (χ1v) is 4.20. The van der Waals surface area contributed by atoms with Gasteiger partial charge in [-0.15, -0.1) is 0 Å². The number of hydrogen-bond donors (Lipinski definition) is 1. The molecule has 0 bridgehead atoms. The highest BCUT2D eigenvalue weighted by Crippen LogP contribution is 2.26. The lowest BCUT2D eigenvalue weighted by molar-refractivity contribution is 0.365. The van der Waals surface area contributed by atoms with Crippen molar-refractivity contribution in [1.82, 2.24) is 0 Å². The monoisotopic (exact) mass is 143 g/mol. The van der Waals surface area contributed by atoms with Gasteiger partial charge in [0.1, 0.15) is 0 Å². The van der Waals surface area contributed by atoms with Crippen molar-refractivity contribution in [3.8, 4) is 0 Å². The molecular formula is C8H17NO. The zero-order chi connectivity index (χ0) is 7.40. The molecule has 1 heterocycles. The molecule has 2 unspecified atom stereocenters. The standard InChI is InChI=1S/C8H17NO/c1-7-8(10-7)5-3-2-4-6-9/h7-8H,2-6,9H2,1H3. The van der Waals surface area contributed by atoms with Crippen LogP contribution in [-0.4, -0.2) is 18.8 Å². The number of nitrogens with two attached hydrogens (primary N) is 1. The lowest BCUT2D eigenvalue weighted by Gasteiger charge is -1.94. The largest absolute Gasteiger partial charge is 0.370 e. The summed E-state index contributed by atoms with van der Waals surface area (Å²) in [6, 6.07) is 0. The minimum atomic E-state index is 0.540. The number of ether oxygens (including phenoxy) is 1. The van der Waals surface area contributed by atoms with Crippen LogP contribution < -0.4 is 5.73 Å². The fourth-order valence-corrected chi connectivity index (χ4v) is 1.20. The first-order valence-electron chi connectivity index (χ1n) is 4.20. The van der Waals surface area contributed by atoms with E-state index in [4.69, 9.17) is 10.5 Å². The Morgan fingerprint density at radius 1 is 1.30 bits per heavy atom. The summed E-state index contributed by atoms with van der Waals surface area (Å²) in [7, 11) is 0. The first kappa shape index (κ1) is 8.02. The van der Waals surface area contributed by atoms with Gasteiger partial charge >= 0.3 is 0 Å². The van der Waals surface area contributed by atoms with Crippen molar-refractivity contribution in [3.63, 3.8) is 0 Å². The van der Waals surface area contributed by atoms with Gasteiger partial charge in [-0.3, -0.25) is 0 Å². The SMILES string of the molecule is CC1OC1CCCCCN. The summed E-state index contributed by atoms with van der Waals surface area (Å²) < 4.78 is 5.27. The van der Waals surface area contributed by atoms with Crippen LogP contribution in [0.25, 0.3) is 0 Å². The summed E-state index contributed by atoms with van der Waals surface area (Å²) in [6.45, 7) is 2.97. The van der Waals surface area contributed by atoms with E-state index in [2.05, 4.69) is 6.92 Å². The van der Waals surface area contributed by atoms with Crippen LogP contribution >= 0.6 is 0 Å². The molecule has 2 nitrogen and oxygen atoms in total. The van der Waals surface area contributed by atoms with Crippen molar-refractivity contribution < 1.29 is 4.74 Å². The predicted molar refractivity (Wildman–Crippen MR) is 41.9 cm³/mol. The zero-order valence-corrected chi connectivity index (χ0v) is 6.68.